The number of alkyl halides is 3. The summed E-state index contributed by atoms with van der Waals surface area (Å²) in [7, 11) is 0. The van der Waals surface area contributed by atoms with Gasteiger partial charge in [-0.3, -0.25) is 14.4 Å². The van der Waals surface area contributed by atoms with Crippen molar-refractivity contribution in [1.82, 2.24) is 0 Å². The first kappa shape index (κ1) is 22.5. The zero-order chi connectivity index (χ0) is 24.0. The molecule has 0 spiro atoms. The highest BCUT2D eigenvalue weighted by atomic mass is 32.2. The quantitative estimate of drug-likeness (QED) is 0.363. The van der Waals surface area contributed by atoms with Crippen LogP contribution >= 0.6 is 11.8 Å². The molecule has 9 heteroatoms. The summed E-state index contributed by atoms with van der Waals surface area (Å²) in [5.41, 5.74) is 0.722. The number of para-hydroxylation sites is 1. The molecule has 2 amide bonds. The summed E-state index contributed by atoms with van der Waals surface area (Å²) >= 11 is 1.58. The summed E-state index contributed by atoms with van der Waals surface area (Å²) < 4.78 is 38.9. The third-order valence-corrected chi connectivity index (χ3v) is 6.78. The lowest BCUT2D eigenvalue weighted by Gasteiger charge is -2.29. The third-order valence-electron chi connectivity index (χ3n) is 6.04. The zero-order valence-electron chi connectivity index (χ0n) is 17.9. The number of carbonyl (C=O) groups is 2. The fraction of sp³-hybridized carbons (Fsp3) is 0.200. The van der Waals surface area contributed by atoms with Gasteiger partial charge in [0.25, 0.3) is 5.91 Å². The van der Waals surface area contributed by atoms with Crippen molar-refractivity contribution in [3.8, 4) is 0 Å². The molecule has 2 saturated heterocycles. The molecule has 2 fully saturated rings. The van der Waals surface area contributed by atoms with Crippen molar-refractivity contribution in [2.75, 3.05) is 16.2 Å². The Morgan fingerprint density at radius 2 is 1.47 bits per heavy atom. The smallest absolute Gasteiger partial charge is 0.273 e. The molecule has 3 atom stereocenters. The number of benzene rings is 3. The van der Waals surface area contributed by atoms with Crippen molar-refractivity contribution in [1.29, 1.82) is 0 Å². The molecule has 0 saturated carbocycles. The number of hydrogen-bond donors (Lipinski definition) is 0. The van der Waals surface area contributed by atoms with Crippen LogP contribution in [0.2, 0.25) is 0 Å². The number of nitrogens with zero attached hydrogens (tertiary/aromatic N) is 2. The summed E-state index contributed by atoms with van der Waals surface area (Å²) in [6.45, 7) is 0. The van der Waals surface area contributed by atoms with Gasteiger partial charge in [-0.1, -0.05) is 30.3 Å². The van der Waals surface area contributed by atoms with Crippen LogP contribution in [0.4, 0.5) is 24.5 Å². The maximum Gasteiger partial charge on any atom is 0.416 e. The monoisotopic (exact) mass is 484 g/mol. The minimum Gasteiger partial charge on any atom is -0.273 e. The normalized spacial score (nSPS) is 22.4. The topological polar surface area (TPSA) is 49.9 Å². The SMILES string of the molecule is CSc1ccc([C@H]2[C@H]3C(=O)N(c4ccc(C(F)(F)F)cc4)C(=O)[C@@H]3ON2c2ccccc2)cc1. The summed E-state index contributed by atoms with van der Waals surface area (Å²) in [5, 5.41) is 1.59. The summed E-state index contributed by atoms with van der Waals surface area (Å²) in [5.74, 6) is -1.96. The fourth-order valence-electron chi connectivity index (χ4n) is 4.41. The first-order valence-electron chi connectivity index (χ1n) is 10.5. The van der Waals surface area contributed by atoms with Crippen molar-refractivity contribution < 1.29 is 27.6 Å². The number of halogens is 3. The van der Waals surface area contributed by atoms with Crippen molar-refractivity contribution in [3.63, 3.8) is 0 Å². The summed E-state index contributed by atoms with van der Waals surface area (Å²) in [6, 6.07) is 20.2. The molecule has 0 aliphatic carbocycles. The molecule has 34 heavy (non-hydrogen) atoms. The number of rotatable bonds is 4. The number of imide groups is 1. The van der Waals surface area contributed by atoms with Gasteiger partial charge < -0.3 is 0 Å². The molecule has 2 aliphatic rings. The highest BCUT2D eigenvalue weighted by Gasteiger charge is 2.60. The van der Waals surface area contributed by atoms with E-state index in [0.29, 0.717) is 5.69 Å². The van der Waals surface area contributed by atoms with Crippen LogP contribution in [0.1, 0.15) is 17.2 Å². The Labute approximate surface area is 198 Å². The molecule has 0 N–H and O–H groups in total. The van der Waals surface area contributed by atoms with Crippen LogP contribution in [0.25, 0.3) is 0 Å². The highest BCUT2D eigenvalue weighted by Crippen LogP contribution is 2.47. The van der Waals surface area contributed by atoms with Crippen LogP contribution in [0.5, 0.6) is 0 Å². The first-order valence-corrected chi connectivity index (χ1v) is 11.7. The Balaban J connectivity index is 1.53. The largest absolute Gasteiger partial charge is 0.416 e. The van der Waals surface area contributed by atoms with E-state index in [1.807, 2.05) is 60.9 Å². The van der Waals surface area contributed by atoms with E-state index in [0.717, 1.165) is 39.6 Å². The van der Waals surface area contributed by atoms with Crippen molar-refractivity contribution in [3.05, 3.63) is 90.0 Å². The van der Waals surface area contributed by atoms with Gasteiger partial charge in [-0.2, -0.15) is 13.2 Å². The van der Waals surface area contributed by atoms with Gasteiger partial charge in [0.1, 0.15) is 5.92 Å². The zero-order valence-corrected chi connectivity index (χ0v) is 18.7. The van der Waals surface area contributed by atoms with Crippen molar-refractivity contribution >= 4 is 35.0 Å². The second-order valence-corrected chi connectivity index (χ2v) is 8.87. The third kappa shape index (κ3) is 3.74. The number of carbonyl (C=O) groups excluding carboxylic acids is 2. The molecule has 2 aliphatic heterocycles. The number of amides is 2. The Bertz CT molecular complexity index is 1220. The Morgan fingerprint density at radius 1 is 0.824 bits per heavy atom. The van der Waals surface area contributed by atoms with E-state index in [9.17, 15) is 22.8 Å². The van der Waals surface area contributed by atoms with Crippen LogP contribution in [0, 0.1) is 5.92 Å². The average molecular weight is 484 g/mol. The highest BCUT2D eigenvalue weighted by molar-refractivity contribution is 7.98. The van der Waals surface area contributed by atoms with Crippen LogP contribution in [0.3, 0.4) is 0 Å². The molecule has 2 heterocycles. The molecule has 0 bridgehead atoms. The van der Waals surface area contributed by atoms with Crippen molar-refractivity contribution in [2.45, 2.75) is 23.2 Å². The van der Waals surface area contributed by atoms with Crippen LogP contribution in [0.15, 0.2) is 83.8 Å². The lowest BCUT2D eigenvalue weighted by Crippen LogP contribution is -2.37. The molecular weight excluding hydrogens is 465 g/mol. The van der Waals surface area contributed by atoms with Gasteiger partial charge in [0.15, 0.2) is 6.10 Å². The Kier molecular flexibility index (Phi) is 5.61. The summed E-state index contributed by atoms with van der Waals surface area (Å²) in [4.78, 5) is 34.8. The van der Waals surface area contributed by atoms with E-state index in [4.69, 9.17) is 4.84 Å². The molecule has 0 unspecified atom stereocenters. The molecule has 0 aromatic heterocycles. The van der Waals surface area contributed by atoms with Gasteiger partial charge in [-0.05, 0) is 60.4 Å². The Morgan fingerprint density at radius 3 is 2.06 bits per heavy atom. The lowest BCUT2D eigenvalue weighted by atomic mass is 9.90. The van der Waals surface area contributed by atoms with Crippen molar-refractivity contribution in [2.24, 2.45) is 5.92 Å². The van der Waals surface area contributed by atoms with E-state index in [1.54, 1.807) is 16.8 Å². The molecule has 5 nitrogen and oxygen atoms in total. The average Bonchev–Trinajstić information content (AvgIpc) is 3.35. The Hall–Kier alpha value is -3.30. The van der Waals surface area contributed by atoms with Gasteiger partial charge in [0.05, 0.1) is 23.0 Å². The predicted octanol–water partition coefficient (Wildman–Crippen LogP) is 5.48. The first-order chi connectivity index (χ1) is 16.3. The van der Waals surface area contributed by atoms with E-state index in [2.05, 4.69) is 0 Å². The molecule has 3 aromatic rings. The number of fused-ring (bicyclic) bond motifs is 1. The minimum atomic E-state index is -4.51. The van der Waals surface area contributed by atoms with Crippen LogP contribution in [-0.4, -0.2) is 24.2 Å². The molecule has 5 rings (SSSR count). The molecule has 174 valence electrons. The van der Waals surface area contributed by atoms with E-state index < -0.39 is 41.6 Å². The molecular formula is C25H19F3N2O3S. The van der Waals surface area contributed by atoms with Gasteiger partial charge in [-0.25, -0.2) is 9.96 Å². The maximum absolute atomic E-state index is 13.5. The predicted molar refractivity (Wildman–Crippen MR) is 122 cm³/mol. The van der Waals surface area contributed by atoms with Gasteiger partial charge in [0.2, 0.25) is 5.91 Å². The number of hydroxylamine groups is 1. The van der Waals surface area contributed by atoms with E-state index in [1.165, 1.54) is 0 Å². The van der Waals surface area contributed by atoms with Crippen LogP contribution in [-0.2, 0) is 20.6 Å². The number of thioether (sulfide) groups is 1. The van der Waals surface area contributed by atoms with Gasteiger partial charge in [0, 0.05) is 4.90 Å². The molecule has 3 aromatic carbocycles. The second kappa shape index (κ2) is 8.48. The second-order valence-electron chi connectivity index (χ2n) is 7.99. The summed E-state index contributed by atoms with van der Waals surface area (Å²) in [6.07, 6.45) is -3.64. The van der Waals surface area contributed by atoms with Gasteiger partial charge in [-0.15, -0.1) is 11.8 Å². The standard InChI is InChI=1S/C25H19F3N2O3S/c1-34-19-13-7-15(8-14-19)21-20-22(33-30(21)18-5-3-2-4-6-18)24(32)29(23(20)31)17-11-9-16(10-12-17)25(26,27)28/h2-14,20-22H,1H3/t20-,21+,22-/m1/s1. The maximum atomic E-state index is 13.5. The molecule has 0 radical (unpaired) electrons. The minimum absolute atomic E-state index is 0.0868. The number of anilines is 2. The lowest BCUT2D eigenvalue weighted by molar-refractivity contribution is -0.137. The van der Waals surface area contributed by atoms with Crippen LogP contribution < -0.4 is 9.96 Å². The van der Waals surface area contributed by atoms with E-state index >= 15 is 0 Å². The fourth-order valence-corrected chi connectivity index (χ4v) is 4.82. The van der Waals surface area contributed by atoms with Gasteiger partial charge >= 0.3 is 6.18 Å². The van der Waals surface area contributed by atoms with E-state index in [-0.39, 0.29) is 5.69 Å². The number of hydrogen-bond acceptors (Lipinski definition) is 5.